The Morgan fingerprint density at radius 2 is 0.756 bits per heavy atom. The SMILES string of the molecule is O=P(c1ccccc1)(c1ccccc1)c1ccc2oc3ccc(-c4ccc5c6ccccc6c6ccccc6c5c4)cc3c2c1. The molecule has 0 fully saturated rings. The summed E-state index contributed by atoms with van der Waals surface area (Å²) < 4.78 is 21.4. The minimum Gasteiger partial charge on any atom is -0.456 e. The number of hydrogen-bond donors (Lipinski definition) is 0. The van der Waals surface area contributed by atoms with Gasteiger partial charge in [-0.15, -0.1) is 0 Å². The van der Waals surface area contributed by atoms with E-state index in [4.69, 9.17) is 4.42 Å². The van der Waals surface area contributed by atoms with Crippen LogP contribution in [0, 0.1) is 0 Å². The summed E-state index contributed by atoms with van der Waals surface area (Å²) in [5.41, 5.74) is 3.87. The Balaban J connectivity index is 1.24. The molecule has 9 aromatic rings. The third-order valence-corrected chi connectivity index (χ3v) is 12.2. The van der Waals surface area contributed by atoms with Crippen molar-refractivity contribution in [2.24, 2.45) is 0 Å². The van der Waals surface area contributed by atoms with Gasteiger partial charge in [-0.3, -0.25) is 0 Å². The summed E-state index contributed by atoms with van der Waals surface area (Å²) in [7, 11) is -3.12. The molecule has 0 saturated carbocycles. The van der Waals surface area contributed by atoms with E-state index in [1.54, 1.807) is 0 Å². The molecule has 0 radical (unpaired) electrons. The zero-order chi connectivity index (χ0) is 30.0. The molecule has 0 aliphatic rings. The van der Waals surface area contributed by atoms with Crippen molar-refractivity contribution in [2.75, 3.05) is 0 Å². The van der Waals surface area contributed by atoms with Crippen LogP contribution in [0.2, 0.25) is 0 Å². The predicted molar refractivity (Wildman–Crippen MR) is 191 cm³/mol. The van der Waals surface area contributed by atoms with Crippen LogP contribution in [0.4, 0.5) is 0 Å². The zero-order valence-corrected chi connectivity index (χ0v) is 25.2. The summed E-state index contributed by atoms with van der Waals surface area (Å²) in [5, 5.41) is 12.0. The largest absolute Gasteiger partial charge is 0.456 e. The highest BCUT2D eigenvalue weighted by Gasteiger charge is 2.30. The third kappa shape index (κ3) is 4.00. The minimum atomic E-state index is -3.12. The quantitative estimate of drug-likeness (QED) is 0.150. The van der Waals surface area contributed by atoms with Gasteiger partial charge >= 0.3 is 0 Å². The van der Waals surface area contributed by atoms with E-state index in [0.29, 0.717) is 0 Å². The molecular weight excluding hydrogens is 567 g/mol. The van der Waals surface area contributed by atoms with E-state index in [-0.39, 0.29) is 0 Å². The number of furan rings is 1. The average Bonchev–Trinajstić information content (AvgIpc) is 3.49. The molecule has 0 unspecified atom stereocenters. The molecule has 1 heterocycles. The predicted octanol–water partition coefficient (Wildman–Crippen LogP) is 10.4. The lowest BCUT2D eigenvalue weighted by Crippen LogP contribution is -2.24. The van der Waals surface area contributed by atoms with Crippen molar-refractivity contribution in [3.8, 4) is 11.1 Å². The van der Waals surface area contributed by atoms with E-state index in [1.165, 1.54) is 32.3 Å². The highest BCUT2D eigenvalue weighted by atomic mass is 31.2. The van der Waals surface area contributed by atoms with Crippen molar-refractivity contribution in [3.63, 3.8) is 0 Å². The first kappa shape index (κ1) is 26.0. The average molecular weight is 595 g/mol. The number of hydrogen-bond acceptors (Lipinski definition) is 2. The van der Waals surface area contributed by atoms with Gasteiger partial charge in [0.2, 0.25) is 0 Å². The smallest absolute Gasteiger partial charge is 0.171 e. The maximum absolute atomic E-state index is 15.1. The van der Waals surface area contributed by atoms with Gasteiger partial charge in [-0.2, -0.15) is 0 Å². The Bertz CT molecular complexity index is 2540. The molecule has 0 atom stereocenters. The molecule has 0 bridgehead atoms. The monoisotopic (exact) mass is 594 g/mol. The molecular formula is C42H27O2P. The molecule has 0 aliphatic carbocycles. The molecule has 9 rings (SSSR count). The standard InChI is InChI=1S/C42H27O2P/c43-45(30-11-3-1-4-12-30,31-13-5-2-6-14-31)32-21-24-42-40(27-32)39-26-29(20-23-41(39)44-42)28-19-22-37-35-17-8-7-15-33(35)34-16-9-10-18-36(34)38(37)25-28/h1-27H. The fraction of sp³-hybridized carbons (Fsp3) is 0. The Labute approximate surface area is 260 Å². The van der Waals surface area contributed by atoms with Crippen LogP contribution in [0.25, 0.3) is 65.4 Å². The van der Waals surface area contributed by atoms with Gasteiger partial charge in [0, 0.05) is 26.7 Å². The van der Waals surface area contributed by atoms with Crippen LogP contribution in [-0.4, -0.2) is 0 Å². The van der Waals surface area contributed by atoms with Gasteiger partial charge in [0.1, 0.15) is 11.2 Å². The van der Waals surface area contributed by atoms with Crippen molar-refractivity contribution in [3.05, 3.63) is 164 Å². The van der Waals surface area contributed by atoms with E-state index in [1.807, 2.05) is 72.8 Å². The molecule has 2 nitrogen and oxygen atoms in total. The van der Waals surface area contributed by atoms with E-state index in [9.17, 15) is 0 Å². The molecule has 0 aliphatic heterocycles. The summed E-state index contributed by atoms with van der Waals surface area (Å²) >= 11 is 0. The first-order chi connectivity index (χ1) is 22.2. The number of fused-ring (bicyclic) bond motifs is 9. The van der Waals surface area contributed by atoms with Crippen LogP contribution in [0.5, 0.6) is 0 Å². The van der Waals surface area contributed by atoms with Crippen LogP contribution >= 0.6 is 7.14 Å². The summed E-state index contributed by atoms with van der Waals surface area (Å²) in [5.74, 6) is 0. The fourth-order valence-corrected chi connectivity index (χ4v) is 9.62. The van der Waals surface area contributed by atoms with Crippen molar-refractivity contribution >= 4 is 77.3 Å². The number of benzene rings is 8. The lowest BCUT2D eigenvalue weighted by atomic mass is 9.92. The van der Waals surface area contributed by atoms with E-state index in [2.05, 4.69) is 91.0 Å². The Morgan fingerprint density at radius 1 is 0.333 bits per heavy atom. The van der Waals surface area contributed by atoms with Crippen LogP contribution in [0.1, 0.15) is 0 Å². The van der Waals surface area contributed by atoms with Gasteiger partial charge in [0.05, 0.1) is 0 Å². The summed E-state index contributed by atoms with van der Waals surface area (Å²) in [6.07, 6.45) is 0. The lowest BCUT2D eigenvalue weighted by molar-refractivity contribution is 0.592. The van der Waals surface area contributed by atoms with E-state index in [0.717, 1.165) is 49.0 Å². The molecule has 3 heteroatoms. The van der Waals surface area contributed by atoms with Gasteiger partial charge in [-0.05, 0) is 79.8 Å². The van der Waals surface area contributed by atoms with Gasteiger partial charge in [-0.1, -0.05) is 127 Å². The van der Waals surface area contributed by atoms with E-state index >= 15 is 4.57 Å². The molecule has 45 heavy (non-hydrogen) atoms. The second-order valence-electron chi connectivity index (χ2n) is 11.6. The van der Waals surface area contributed by atoms with Crippen LogP contribution in [-0.2, 0) is 4.57 Å². The molecule has 8 aromatic carbocycles. The van der Waals surface area contributed by atoms with Gasteiger partial charge in [0.25, 0.3) is 0 Å². The fourth-order valence-electron chi connectivity index (χ4n) is 6.95. The minimum absolute atomic E-state index is 0.787. The highest BCUT2D eigenvalue weighted by molar-refractivity contribution is 7.85. The highest BCUT2D eigenvalue weighted by Crippen LogP contribution is 2.44. The zero-order valence-electron chi connectivity index (χ0n) is 24.4. The summed E-state index contributed by atoms with van der Waals surface area (Å²) in [6, 6.07) is 56.2. The summed E-state index contributed by atoms with van der Waals surface area (Å²) in [6.45, 7) is 0. The Morgan fingerprint density at radius 3 is 1.33 bits per heavy atom. The van der Waals surface area contributed by atoms with E-state index < -0.39 is 7.14 Å². The lowest BCUT2D eigenvalue weighted by Gasteiger charge is -2.20. The maximum atomic E-state index is 15.1. The Kier molecular flexibility index (Phi) is 5.81. The van der Waals surface area contributed by atoms with Crippen molar-refractivity contribution in [1.82, 2.24) is 0 Å². The van der Waals surface area contributed by atoms with Crippen molar-refractivity contribution in [1.29, 1.82) is 0 Å². The second kappa shape index (κ2) is 10.1. The first-order valence-corrected chi connectivity index (χ1v) is 16.9. The molecule has 1 aromatic heterocycles. The summed E-state index contributed by atoms with van der Waals surface area (Å²) in [4.78, 5) is 0. The third-order valence-electron chi connectivity index (χ3n) is 9.13. The van der Waals surface area contributed by atoms with Gasteiger partial charge < -0.3 is 8.98 Å². The molecule has 0 saturated heterocycles. The maximum Gasteiger partial charge on any atom is 0.171 e. The van der Waals surface area contributed by atoms with Crippen LogP contribution in [0.3, 0.4) is 0 Å². The van der Waals surface area contributed by atoms with Crippen LogP contribution < -0.4 is 15.9 Å². The first-order valence-electron chi connectivity index (χ1n) is 15.2. The van der Waals surface area contributed by atoms with Gasteiger partial charge in [0.15, 0.2) is 7.14 Å². The molecule has 212 valence electrons. The topological polar surface area (TPSA) is 30.2 Å². The molecule has 0 amide bonds. The second-order valence-corrected chi connectivity index (χ2v) is 14.4. The van der Waals surface area contributed by atoms with Gasteiger partial charge in [-0.25, -0.2) is 0 Å². The molecule has 0 N–H and O–H groups in total. The molecule has 0 spiro atoms. The Hall–Kier alpha value is -5.43. The van der Waals surface area contributed by atoms with Crippen molar-refractivity contribution < 1.29 is 8.98 Å². The van der Waals surface area contributed by atoms with Crippen molar-refractivity contribution in [2.45, 2.75) is 0 Å². The van der Waals surface area contributed by atoms with Crippen LogP contribution in [0.15, 0.2) is 168 Å². The number of rotatable bonds is 4. The normalized spacial score (nSPS) is 12.1.